The molecule has 3 heterocycles. The Bertz CT molecular complexity index is 968. The SMILES string of the molecule is CCOc1ncccc1C(=O)N1CC[C@H]2[C@@H](C1)CN2C(=O)Cc1ccc(F)cc1F. The maximum Gasteiger partial charge on any atom is 0.259 e. The summed E-state index contributed by atoms with van der Waals surface area (Å²) in [6.45, 7) is 3.87. The van der Waals surface area contributed by atoms with Crippen molar-refractivity contribution in [1.82, 2.24) is 14.8 Å². The van der Waals surface area contributed by atoms with E-state index in [1.807, 2.05) is 6.92 Å². The number of halogens is 2. The minimum Gasteiger partial charge on any atom is -0.477 e. The summed E-state index contributed by atoms with van der Waals surface area (Å²) in [5.41, 5.74) is 0.634. The van der Waals surface area contributed by atoms with Gasteiger partial charge in [0.1, 0.15) is 17.2 Å². The van der Waals surface area contributed by atoms with Crippen LogP contribution in [0, 0.1) is 17.6 Å². The first-order valence-electron chi connectivity index (χ1n) is 10.1. The van der Waals surface area contributed by atoms with E-state index >= 15 is 0 Å². The molecule has 6 nitrogen and oxygen atoms in total. The number of nitrogens with zero attached hydrogens (tertiary/aromatic N) is 3. The lowest BCUT2D eigenvalue weighted by atomic mass is 9.82. The van der Waals surface area contributed by atoms with Gasteiger partial charge in [0.25, 0.3) is 5.91 Å². The Labute approximate surface area is 173 Å². The van der Waals surface area contributed by atoms with E-state index in [2.05, 4.69) is 4.98 Å². The van der Waals surface area contributed by atoms with Gasteiger partial charge in [-0.05, 0) is 37.1 Å². The third-order valence-electron chi connectivity index (χ3n) is 5.77. The molecule has 8 heteroatoms. The van der Waals surface area contributed by atoms with Crippen molar-refractivity contribution in [2.75, 3.05) is 26.2 Å². The zero-order valence-corrected chi connectivity index (χ0v) is 16.7. The maximum absolute atomic E-state index is 13.8. The number of hydrogen-bond acceptors (Lipinski definition) is 4. The van der Waals surface area contributed by atoms with E-state index in [0.29, 0.717) is 44.1 Å². The Hall–Kier alpha value is -3.03. The minimum absolute atomic E-state index is 0.0466. The Morgan fingerprint density at radius 1 is 1.23 bits per heavy atom. The van der Waals surface area contributed by atoms with Gasteiger partial charge >= 0.3 is 0 Å². The van der Waals surface area contributed by atoms with Crippen LogP contribution >= 0.6 is 0 Å². The summed E-state index contributed by atoms with van der Waals surface area (Å²) >= 11 is 0. The number of pyridine rings is 1. The number of likely N-dealkylation sites (tertiary alicyclic amines) is 2. The molecule has 0 saturated carbocycles. The number of amides is 2. The van der Waals surface area contributed by atoms with Gasteiger partial charge in [0, 0.05) is 43.9 Å². The molecule has 30 heavy (non-hydrogen) atoms. The van der Waals surface area contributed by atoms with Gasteiger partial charge in [-0.2, -0.15) is 0 Å². The third-order valence-corrected chi connectivity index (χ3v) is 5.77. The molecule has 1 aromatic heterocycles. The second-order valence-corrected chi connectivity index (χ2v) is 7.62. The van der Waals surface area contributed by atoms with Crippen LogP contribution in [0.3, 0.4) is 0 Å². The number of fused-ring (bicyclic) bond motifs is 1. The lowest BCUT2D eigenvalue weighted by Crippen LogP contribution is -2.65. The summed E-state index contributed by atoms with van der Waals surface area (Å²) < 4.78 is 32.4. The molecular formula is C22H23F2N3O3. The van der Waals surface area contributed by atoms with Gasteiger partial charge in [0.05, 0.1) is 13.0 Å². The van der Waals surface area contributed by atoms with Gasteiger partial charge in [-0.25, -0.2) is 13.8 Å². The van der Waals surface area contributed by atoms with Crippen LogP contribution in [0.25, 0.3) is 0 Å². The molecule has 2 aliphatic heterocycles. The topological polar surface area (TPSA) is 62.7 Å². The molecule has 2 atom stereocenters. The molecule has 0 N–H and O–H groups in total. The zero-order chi connectivity index (χ0) is 21.3. The second kappa shape index (κ2) is 8.38. The summed E-state index contributed by atoms with van der Waals surface area (Å²) in [4.78, 5) is 33.2. The predicted molar refractivity (Wildman–Crippen MR) is 105 cm³/mol. The first kappa shape index (κ1) is 20.3. The summed E-state index contributed by atoms with van der Waals surface area (Å²) in [7, 11) is 0. The van der Waals surface area contributed by atoms with Gasteiger partial charge in [0.2, 0.25) is 11.8 Å². The molecule has 2 aliphatic rings. The highest BCUT2D eigenvalue weighted by atomic mass is 19.1. The maximum atomic E-state index is 13.8. The normalized spacial score (nSPS) is 20.4. The number of benzene rings is 1. The lowest BCUT2D eigenvalue weighted by molar-refractivity contribution is -0.146. The van der Waals surface area contributed by atoms with Crippen molar-refractivity contribution in [3.63, 3.8) is 0 Å². The van der Waals surface area contributed by atoms with Crippen LogP contribution in [0.15, 0.2) is 36.5 Å². The van der Waals surface area contributed by atoms with E-state index in [4.69, 9.17) is 4.74 Å². The van der Waals surface area contributed by atoms with Gasteiger partial charge in [-0.15, -0.1) is 0 Å². The summed E-state index contributed by atoms with van der Waals surface area (Å²) in [6, 6.07) is 6.72. The molecule has 0 radical (unpaired) electrons. The van der Waals surface area contributed by atoms with Crippen LogP contribution in [0.1, 0.15) is 29.3 Å². The average Bonchev–Trinajstić information content (AvgIpc) is 2.71. The van der Waals surface area contributed by atoms with E-state index in [1.165, 1.54) is 6.07 Å². The molecular weight excluding hydrogens is 392 g/mol. The molecule has 2 amide bonds. The molecule has 2 fully saturated rings. The molecule has 0 spiro atoms. The van der Waals surface area contributed by atoms with Gasteiger partial charge in [0.15, 0.2) is 0 Å². The Morgan fingerprint density at radius 3 is 2.80 bits per heavy atom. The molecule has 0 aliphatic carbocycles. The van der Waals surface area contributed by atoms with Crippen LogP contribution in [0.4, 0.5) is 8.78 Å². The standard InChI is InChI=1S/C22H23F2N3O3/c1-2-30-21-17(4-3-8-25-21)22(29)26-9-7-19-15(12-26)13-27(19)20(28)10-14-5-6-16(23)11-18(14)24/h3-6,8,11,15,19H,2,7,9-10,12-13H2,1H3/t15-,19-/m0/s1. The molecule has 2 saturated heterocycles. The number of carbonyl (C=O) groups excluding carboxylic acids is 2. The number of piperidine rings is 1. The summed E-state index contributed by atoms with van der Waals surface area (Å²) in [5, 5.41) is 0. The average molecular weight is 415 g/mol. The van der Waals surface area contributed by atoms with Crippen molar-refractivity contribution in [2.24, 2.45) is 5.92 Å². The van der Waals surface area contributed by atoms with Crippen LogP contribution < -0.4 is 4.74 Å². The third kappa shape index (κ3) is 3.86. The van der Waals surface area contributed by atoms with E-state index in [9.17, 15) is 18.4 Å². The quantitative estimate of drug-likeness (QED) is 0.753. The van der Waals surface area contributed by atoms with E-state index in [0.717, 1.165) is 12.1 Å². The minimum atomic E-state index is -0.706. The largest absolute Gasteiger partial charge is 0.477 e. The number of carbonyl (C=O) groups is 2. The monoisotopic (exact) mass is 415 g/mol. The smallest absolute Gasteiger partial charge is 0.259 e. The zero-order valence-electron chi connectivity index (χ0n) is 16.7. The predicted octanol–water partition coefficient (Wildman–Crippen LogP) is 2.67. The van der Waals surface area contributed by atoms with Gasteiger partial charge in [-0.1, -0.05) is 6.07 Å². The van der Waals surface area contributed by atoms with Crippen molar-refractivity contribution in [1.29, 1.82) is 0 Å². The highest BCUT2D eigenvalue weighted by Crippen LogP contribution is 2.34. The van der Waals surface area contributed by atoms with Crippen molar-refractivity contribution in [3.05, 3.63) is 59.3 Å². The second-order valence-electron chi connectivity index (χ2n) is 7.62. The number of hydrogen-bond donors (Lipinski definition) is 0. The van der Waals surface area contributed by atoms with Crippen molar-refractivity contribution in [2.45, 2.75) is 25.8 Å². The van der Waals surface area contributed by atoms with Crippen LogP contribution in [0.2, 0.25) is 0 Å². The lowest BCUT2D eigenvalue weighted by Gasteiger charge is -2.53. The van der Waals surface area contributed by atoms with Gasteiger partial charge in [-0.3, -0.25) is 9.59 Å². The Morgan fingerprint density at radius 2 is 2.07 bits per heavy atom. The summed E-state index contributed by atoms with van der Waals surface area (Å²) in [6.07, 6.45) is 2.16. The molecule has 1 aromatic carbocycles. The highest BCUT2D eigenvalue weighted by molar-refractivity contribution is 5.96. The Kier molecular flexibility index (Phi) is 5.65. The van der Waals surface area contributed by atoms with Crippen LogP contribution in [-0.4, -0.2) is 58.9 Å². The molecule has 2 aromatic rings. The fourth-order valence-electron chi connectivity index (χ4n) is 4.24. The number of aromatic nitrogens is 1. The Balaban J connectivity index is 1.37. The van der Waals surface area contributed by atoms with Crippen molar-refractivity contribution < 1.29 is 23.1 Å². The van der Waals surface area contributed by atoms with Gasteiger partial charge < -0.3 is 14.5 Å². The molecule has 0 unspecified atom stereocenters. The van der Waals surface area contributed by atoms with E-state index < -0.39 is 11.6 Å². The van der Waals surface area contributed by atoms with Crippen LogP contribution in [-0.2, 0) is 11.2 Å². The first-order chi connectivity index (χ1) is 14.5. The molecule has 158 valence electrons. The van der Waals surface area contributed by atoms with E-state index in [-0.39, 0.29) is 35.8 Å². The highest BCUT2D eigenvalue weighted by Gasteiger charge is 2.45. The molecule has 0 bridgehead atoms. The van der Waals surface area contributed by atoms with Crippen molar-refractivity contribution in [3.8, 4) is 5.88 Å². The number of ether oxygens (including phenoxy) is 1. The fraction of sp³-hybridized carbons (Fsp3) is 0.409. The first-order valence-corrected chi connectivity index (χ1v) is 10.1. The fourth-order valence-corrected chi connectivity index (χ4v) is 4.24. The number of rotatable bonds is 5. The van der Waals surface area contributed by atoms with Crippen molar-refractivity contribution >= 4 is 11.8 Å². The van der Waals surface area contributed by atoms with E-state index in [1.54, 1.807) is 28.1 Å². The van der Waals surface area contributed by atoms with Crippen LogP contribution in [0.5, 0.6) is 5.88 Å². The summed E-state index contributed by atoms with van der Waals surface area (Å²) in [5.74, 6) is -1.14. The molecule has 4 rings (SSSR count).